The summed E-state index contributed by atoms with van der Waals surface area (Å²) in [6, 6.07) is 11.2. The van der Waals surface area contributed by atoms with Gasteiger partial charge in [0.2, 0.25) is 0 Å². The average molecular weight is 259 g/mol. The Morgan fingerprint density at radius 3 is 2.58 bits per heavy atom. The third-order valence-electron chi connectivity index (χ3n) is 3.88. The molecule has 1 aliphatic heterocycles. The van der Waals surface area contributed by atoms with Gasteiger partial charge in [0.05, 0.1) is 25.6 Å². The minimum absolute atomic E-state index is 0.264. The molecular formula is C15H21N3O. The molecule has 1 heterocycles. The normalized spacial score (nSPS) is 24.0. The first-order valence-electron chi connectivity index (χ1n) is 6.63. The zero-order valence-corrected chi connectivity index (χ0v) is 11.8. The molecule has 0 N–H and O–H groups in total. The van der Waals surface area contributed by atoms with Gasteiger partial charge in [0.1, 0.15) is 5.75 Å². The number of anilines is 1. The molecule has 4 heteroatoms. The molecule has 0 aliphatic carbocycles. The van der Waals surface area contributed by atoms with Gasteiger partial charge in [-0.25, -0.2) is 0 Å². The van der Waals surface area contributed by atoms with Crippen molar-refractivity contribution in [2.24, 2.45) is 0 Å². The van der Waals surface area contributed by atoms with Crippen LogP contribution in [0.1, 0.15) is 13.3 Å². The van der Waals surface area contributed by atoms with Crippen LogP contribution in [-0.4, -0.2) is 44.2 Å². The van der Waals surface area contributed by atoms with Crippen LogP contribution in [0.4, 0.5) is 5.69 Å². The van der Waals surface area contributed by atoms with Crippen LogP contribution in [-0.2, 0) is 0 Å². The lowest BCUT2D eigenvalue weighted by molar-refractivity contribution is 0.201. The molecule has 0 saturated carbocycles. The molecule has 19 heavy (non-hydrogen) atoms. The molecule has 102 valence electrons. The first-order valence-corrected chi connectivity index (χ1v) is 6.63. The van der Waals surface area contributed by atoms with Gasteiger partial charge in [0.15, 0.2) is 0 Å². The molecule has 2 rings (SSSR count). The van der Waals surface area contributed by atoms with Gasteiger partial charge in [-0.3, -0.25) is 4.90 Å². The highest BCUT2D eigenvalue weighted by Gasteiger charge is 2.29. The Labute approximate surface area is 115 Å². The predicted molar refractivity (Wildman–Crippen MR) is 76.5 cm³/mol. The highest BCUT2D eigenvalue weighted by atomic mass is 16.5. The maximum absolute atomic E-state index is 9.00. The molecule has 0 spiro atoms. The third kappa shape index (κ3) is 2.99. The van der Waals surface area contributed by atoms with Gasteiger partial charge in [-0.2, -0.15) is 5.26 Å². The second-order valence-corrected chi connectivity index (χ2v) is 5.16. The van der Waals surface area contributed by atoms with Gasteiger partial charge in [-0.15, -0.1) is 0 Å². The summed E-state index contributed by atoms with van der Waals surface area (Å²) in [5.41, 5.74) is 1.17. The van der Waals surface area contributed by atoms with E-state index in [1.54, 1.807) is 7.11 Å². The molecule has 2 atom stereocenters. The van der Waals surface area contributed by atoms with Crippen LogP contribution < -0.4 is 9.64 Å². The Morgan fingerprint density at radius 1 is 1.32 bits per heavy atom. The lowest BCUT2D eigenvalue weighted by atomic mass is 10.0. The summed E-state index contributed by atoms with van der Waals surface area (Å²) >= 11 is 0. The number of hydrogen-bond donors (Lipinski definition) is 0. The fraction of sp³-hybridized carbons (Fsp3) is 0.533. The van der Waals surface area contributed by atoms with Crippen molar-refractivity contribution in [2.75, 3.05) is 32.1 Å². The van der Waals surface area contributed by atoms with Crippen LogP contribution in [0.2, 0.25) is 0 Å². The van der Waals surface area contributed by atoms with E-state index in [1.807, 2.05) is 12.1 Å². The Kier molecular flexibility index (Phi) is 4.28. The van der Waals surface area contributed by atoms with Crippen LogP contribution in [0.25, 0.3) is 0 Å². The van der Waals surface area contributed by atoms with Crippen LogP contribution in [0, 0.1) is 11.3 Å². The van der Waals surface area contributed by atoms with Gasteiger partial charge in [-0.1, -0.05) is 0 Å². The van der Waals surface area contributed by atoms with Gasteiger partial charge in [0.25, 0.3) is 0 Å². The highest BCUT2D eigenvalue weighted by molar-refractivity contribution is 5.51. The van der Waals surface area contributed by atoms with E-state index in [4.69, 9.17) is 10.00 Å². The largest absolute Gasteiger partial charge is 0.497 e. The molecule has 2 unspecified atom stereocenters. The molecule has 1 aliphatic rings. The van der Waals surface area contributed by atoms with Crippen LogP contribution in [0.15, 0.2) is 24.3 Å². The second-order valence-electron chi connectivity index (χ2n) is 5.16. The lowest BCUT2D eigenvalue weighted by Crippen LogP contribution is -2.56. The molecular weight excluding hydrogens is 238 g/mol. The van der Waals surface area contributed by atoms with Crippen molar-refractivity contribution in [1.29, 1.82) is 5.26 Å². The van der Waals surface area contributed by atoms with Crippen LogP contribution >= 0.6 is 0 Å². The Bertz CT molecular complexity index is 451. The lowest BCUT2D eigenvalue weighted by Gasteiger charge is -2.44. The summed E-state index contributed by atoms with van der Waals surface area (Å²) in [5.74, 6) is 0.864. The predicted octanol–water partition coefficient (Wildman–Crippen LogP) is 2.12. The SMILES string of the molecule is COc1ccc(N2CC(C)N(C)CC2CC#N)cc1. The van der Waals surface area contributed by atoms with E-state index in [9.17, 15) is 0 Å². The molecule has 1 fully saturated rings. The van der Waals surface area contributed by atoms with Crippen molar-refractivity contribution in [2.45, 2.75) is 25.4 Å². The first kappa shape index (κ1) is 13.7. The van der Waals surface area contributed by atoms with Gasteiger partial charge < -0.3 is 9.64 Å². The summed E-state index contributed by atoms with van der Waals surface area (Å²) in [5, 5.41) is 9.00. The van der Waals surface area contributed by atoms with Crippen LogP contribution in [0.3, 0.4) is 0 Å². The summed E-state index contributed by atoms with van der Waals surface area (Å²) in [6.45, 7) is 4.11. The number of hydrogen-bond acceptors (Lipinski definition) is 4. The van der Waals surface area contributed by atoms with Crippen molar-refractivity contribution < 1.29 is 4.74 Å². The Morgan fingerprint density at radius 2 is 2.00 bits per heavy atom. The van der Waals surface area contributed by atoms with E-state index in [-0.39, 0.29) is 6.04 Å². The van der Waals surface area contributed by atoms with E-state index in [0.29, 0.717) is 12.5 Å². The first-order chi connectivity index (χ1) is 9.15. The maximum atomic E-state index is 9.00. The highest BCUT2D eigenvalue weighted by Crippen LogP contribution is 2.26. The van der Waals surface area contributed by atoms with E-state index < -0.39 is 0 Å². The number of nitrogens with zero attached hydrogens (tertiary/aromatic N) is 3. The smallest absolute Gasteiger partial charge is 0.119 e. The average Bonchev–Trinajstić information content (AvgIpc) is 2.43. The van der Waals surface area contributed by atoms with Gasteiger partial charge in [0, 0.05) is 24.8 Å². The molecule has 0 amide bonds. The third-order valence-corrected chi connectivity index (χ3v) is 3.88. The van der Waals surface area contributed by atoms with Crippen molar-refractivity contribution in [3.63, 3.8) is 0 Å². The molecule has 1 saturated heterocycles. The minimum atomic E-state index is 0.264. The Hall–Kier alpha value is -1.73. The number of piperazine rings is 1. The monoisotopic (exact) mass is 259 g/mol. The Balaban J connectivity index is 2.20. The quantitative estimate of drug-likeness (QED) is 0.833. The van der Waals surface area contributed by atoms with Crippen molar-refractivity contribution in [3.8, 4) is 11.8 Å². The maximum Gasteiger partial charge on any atom is 0.119 e. The fourth-order valence-electron chi connectivity index (χ4n) is 2.55. The number of benzene rings is 1. The number of likely N-dealkylation sites (N-methyl/N-ethyl adjacent to an activating group) is 1. The van der Waals surface area contributed by atoms with Crippen molar-refractivity contribution >= 4 is 5.69 Å². The zero-order valence-electron chi connectivity index (χ0n) is 11.8. The molecule has 4 nitrogen and oxygen atoms in total. The molecule has 0 radical (unpaired) electrons. The standard InChI is InChI=1S/C15H21N3O/c1-12-10-18(14(8-9-16)11-17(12)2)13-4-6-15(19-3)7-5-13/h4-7,12,14H,8,10-11H2,1-3H3. The molecule has 1 aromatic rings. The van der Waals surface area contributed by atoms with E-state index in [0.717, 1.165) is 18.8 Å². The summed E-state index contributed by atoms with van der Waals surface area (Å²) in [4.78, 5) is 4.66. The number of rotatable bonds is 3. The second kappa shape index (κ2) is 5.94. The fourth-order valence-corrected chi connectivity index (χ4v) is 2.55. The summed E-state index contributed by atoms with van der Waals surface area (Å²) in [6.07, 6.45) is 0.559. The van der Waals surface area contributed by atoms with Crippen molar-refractivity contribution in [1.82, 2.24) is 4.90 Å². The van der Waals surface area contributed by atoms with Crippen molar-refractivity contribution in [3.05, 3.63) is 24.3 Å². The van der Waals surface area contributed by atoms with Crippen LogP contribution in [0.5, 0.6) is 5.75 Å². The number of nitriles is 1. The van der Waals surface area contributed by atoms with Gasteiger partial charge in [-0.05, 0) is 38.2 Å². The number of ether oxygens (including phenoxy) is 1. The number of methoxy groups -OCH3 is 1. The van der Waals surface area contributed by atoms with E-state index in [1.165, 1.54) is 5.69 Å². The van der Waals surface area contributed by atoms with Gasteiger partial charge >= 0.3 is 0 Å². The minimum Gasteiger partial charge on any atom is -0.497 e. The zero-order chi connectivity index (χ0) is 13.8. The molecule has 0 bridgehead atoms. The van der Waals surface area contributed by atoms with E-state index >= 15 is 0 Å². The summed E-state index contributed by atoms with van der Waals surface area (Å²) < 4.78 is 5.19. The molecule has 0 aromatic heterocycles. The molecule has 1 aromatic carbocycles. The summed E-state index contributed by atoms with van der Waals surface area (Å²) in [7, 11) is 3.80. The van der Waals surface area contributed by atoms with E-state index in [2.05, 4.69) is 42.0 Å². The topological polar surface area (TPSA) is 39.5 Å².